The Hall–Kier alpha value is -1.72. The van der Waals surface area contributed by atoms with Gasteiger partial charge in [0.2, 0.25) is 0 Å². The number of hydrogen-bond donors (Lipinski definition) is 0. The molecule has 50 valence electrons. The Kier molecular flexibility index (Phi) is 1.74. The maximum Gasteiger partial charge on any atom is 0.294 e. The summed E-state index contributed by atoms with van der Waals surface area (Å²) in [6.07, 6.45) is 1.05. The second kappa shape index (κ2) is 2.72. The molecule has 0 aromatic carbocycles. The van der Waals surface area contributed by atoms with E-state index in [9.17, 15) is 4.79 Å². The molecule has 0 aromatic rings. The third-order valence-electron chi connectivity index (χ3n) is 0.693. The Bertz CT molecular complexity index is 236. The normalized spacial score (nSPS) is 13.8. The van der Waals surface area contributed by atoms with Gasteiger partial charge in [-0.15, -0.1) is 0 Å². The summed E-state index contributed by atoms with van der Waals surface area (Å²) in [6, 6.07) is 0. The Balaban J connectivity index is 2.72. The predicted molar refractivity (Wildman–Crippen MR) is 32.4 cm³/mol. The van der Waals surface area contributed by atoms with Gasteiger partial charge in [-0.2, -0.15) is 4.99 Å². The zero-order valence-electron chi connectivity index (χ0n) is 4.93. The van der Waals surface area contributed by atoms with E-state index in [2.05, 4.69) is 32.2 Å². The summed E-state index contributed by atoms with van der Waals surface area (Å²) in [5.74, 6) is -0.542. The van der Waals surface area contributed by atoms with E-state index in [4.69, 9.17) is 0 Å². The van der Waals surface area contributed by atoms with Crippen LogP contribution in [0, 0.1) is 0 Å². The molecule has 0 N–H and O–H groups in total. The van der Waals surface area contributed by atoms with Crippen LogP contribution < -0.4 is 0 Å². The smallest absolute Gasteiger partial charge is 0.267 e. The quantitative estimate of drug-likeness (QED) is 0.494. The molecule has 1 aliphatic rings. The Morgan fingerprint density at radius 2 is 2.10 bits per heavy atom. The second-order valence-electron chi connectivity index (χ2n) is 1.33. The number of nitrogens with zero attached hydrogens (tertiary/aromatic N) is 5. The first-order valence-electron chi connectivity index (χ1n) is 2.40. The molecular weight excluding hydrogens is 134 g/mol. The number of amides is 1. The molecule has 0 saturated heterocycles. The summed E-state index contributed by atoms with van der Waals surface area (Å²) in [4.78, 5) is 13.8. The molecule has 0 fully saturated rings. The summed E-state index contributed by atoms with van der Waals surface area (Å²) in [5, 5.41) is 12.8. The van der Waals surface area contributed by atoms with Crippen LogP contribution in [0.5, 0.6) is 0 Å². The standard InChI is InChI=1S/C4H3N5O/c1-2-3(10)5-4-6-8-9-7-4/h2H,1H2. The van der Waals surface area contributed by atoms with Crippen molar-refractivity contribution >= 4 is 11.9 Å². The summed E-state index contributed by atoms with van der Waals surface area (Å²) >= 11 is 0. The fourth-order valence-electron chi connectivity index (χ4n) is 0.329. The maximum absolute atomic E-state index is 10.5. The minimum atomic E-state index is -0.505. The van der Waals surface area contributed by atoms with Gasteiger partial charge in [0.25, 0.3) is 11.9 Å². The highest BCUT2D eigenvalue weighted by Crippen LogP contribution is 1.97. The van der Waals surface area contributed by atoms with Crippen molar-refractivity contribution in [3.63, 3.8) is 0 Å². The highest BCUT2D eigenvalue weighted by Gasteiger charge is 2.01. The van der Waals surface area contributed by atoms with Crippen LogP contribution in [-0.2, 0) is 4.79 Å². The SMILES string of the molecule is C=CC(=O)N=C1N=NN=N1. The lowest BCUT2D eigenvalue weighted by Crippen LogP contribution is -1.91. The summed E-state index contributed by atoms with van der Waals surface area (Å²) in [5.41, 5.74) is 0. The topological polar surface area (TPSA) is 78.9 Å². The minimum Gasteiger partial charge on any atom is -0.267 e. The molecule has 10 heavy (non-hydrogen) atoms. The van der Waals surface area contributed by atoms with E-state index in [1.165, 1.54) is 0 Å². The van der Waals surface area contributed by atoms with Crippen molar-refractivity contribution < 1.29 is 4.79 Å². The van der Waals surface area contributed by atoms with Gasteiger partial charge in [0.1, 0.15) is 0 Å². The summed E-state index contributed by atoms with van der Waals surface area (Å²) in [7, 11) is 0. The first-order chi connectivity index (χ1) is 4.83. The van der Waals surface area contributed by atoms with Crippen molar-refractivity contribution in [2.24, 2.45) is 25.7 Å². The molecular formula is C4H3N5O. The number of carbonyl (C=O) groups excluding carboxylic acids is 1. The Morgan fingerprint density at radius 1 is 1.50 bits per heavy atom. The number of rotatable bonds is 1. The molecule has 6 heteroatoms. The highest BCUT2D eigenvalue weighted by molar-refractivity contribution is 5.98. The fourth-order valence-corrected chi connectivity index (χ4v) is 0.329. The Morgan fingerprint density at radius 3 is 2.60 bits per heavy atom. The number of guanidine groups is 1. The van der Waals surface area contributed by atoms with Crippen molar-refractivity contribution in [2.75, 3.05) is 0 Å². The van der Waals surface area contributed by atoms with Gasteiger partial charge < -0.3 is 0 Å². The van der Waals surface area contributed by atoms with Crippen molar-refractivity contribution in [3.05, 3.63) is 12.7 Å². The molecule has 6 nitrogen and oxygen atoms in total. The number of hydrogen-bond acceptors (Lipinski definition) is 3. The van der Waals surface area contributed by atoms with E-state index in [-0.39, 0.29) is 5.96 Å². The van der Waals surface area contributed by atoms with Crippen LogP contribution in [0.4, 0.5) is 0 Å². The van der Waals surface area contributed by atoms with Gasteiger partial charge in [-0.25, -0.2) is 0 Å². The van der Waals surface area contributed by atoms with Crippen molar-refractivity contribution in [1.82, 2.24) is 0 Å². The van der Waals surface area contributed by atoms with E-state index in [0.717, 1.165) is 6.08 Å². The molecule has 0 aromatic heterocycles. The largest absolute Gasteiger partial charge is 0.294 e. The molecule has 0 spiro atoms. The average molecular weight is 137 g/mol. The predicted octanol–water partition coefficient (Wildman–Crippen LogP) is 0.888. The molecule has 1 heterocycles. The molecule has 1 rings (SSSR count). The third kappa shape index (κ3) is 1.38. The molecule has 0 atom stereocenters. The van der Waals surface area contributed by atoms with Gasteiger partial charge >= 0.3 is 0 Å². The van der Waals surface area contributed by atoms with Gasteiger partial charge in [-0.3, -0.25) is 4.79 Å². The van der Waals surface area contributed by atoms with E-state index < -0.39 is 5.91 Å². The van der Waals surface area contributed by atoms with Gasteiger partial charge in [0.05, 0.1) is 0 Å². The van der Waals surface area contributed by atoms with E-state index in [0.29, 0.717) is 0 Å². The summed E-state index contributed by atoms with van der Waals surface area (Å²) < 4.78 is 0. The highest BCUT2D eigenvalue weighted by atomic mass is 16.1. The summed E-state index contributed by atoms with van der Waals surface area (Å²) in [6.45, 7) is 3.20. The van der Waals surface area contributed by atoms with Crippen molar-refractivity contribution in [2.45, 2.75) is 0 Å². The Labute approximate surface area is 56.1 Å². The molecule has 0 unspecified atom stereocenters. The van der Waals surface area contributed by atoms with Crippen LogP contribution in [0.25, 0.3) is 0 Å². The van der Waals surface area contributed by atoms with E-state index in [1.54, 1.807) is 0 Å². The first-order valence-corrected chi connectivity index (χ1v) is 2.40. The lowest BCUT2D eigenvalue weighted by Gasteiger charge is -1.78. The monoisotopic (exact) mass is 137 g/mol. The fraction of sp³-hybridized carbons (Fsp3) is 0. The first kappa shape index (κ1) is 6.40. The number of aliphatic imine (C=N–C) groups is 1. The molecule has 1 amide bonds. The second-order valence-corrected chi connectivity index (χ2v) is 1.33. The molecule has 0 aliphatic carbocycles. The van der Waals surface area contributed by atoms with Gasteiger partial charge in [-0.05, 0) is 16.5 Å². The third-order valence-corrected chi connectivity index (χ3v) is 0.693. The molecule has 0 saturated carbocycles. The van der Waals surface area contributed by atoms with Crippen molar-refractivity contribution in [1.29, 1.82) is 0 Å². The van der Waals surface area contributed by atoms with Crippen LogP contribution >= 0.6 is 0 Å². The van der Waals surface area contributed by atoms with Crippen LogP contribution in [0.2, 0.25) is 0 Å². The van der Waals surface area contributed by atoms with E-state index in [1.807, 2.05) is 0 Å². The van der Waals surface area contributed by atoms with Crippen LogP contribution in [0.3, 0.4) is 0 Å². The minimum absolute atomic E-state index is 0.0371. The number of carbonyl (C=O) groups is 1. The lowest BCUT2D eigenvalue weighted by atomic mass is 10.6. The van der Waals surface area contributed by atoms with E-state index >= 15 is 0 Å². The lowest BCUT2D eigenvalue weighted by molar-refractivity contribution is -0.113. The maximum atomic E-state index is 10.5. The average Bonchev–Trinajstić information content (AvgIpc) is 2.40. The van der Waals surface area contributed by atoms with Crippen LogP contribution in [0.15, 0.2) is 38.3 Å². The zero-order valence-corrected chi connectivity index (χ0v) is 4.93. The van der Waals surface area contributed by atoms with Gasteiger partial charge in [-0.1, -0.05) is 16.8 Å². The molecule has 1 aliphatic heterocycles. The van der Waals surface area contributed by atoms with Crippen LogP contribution in [0.1, 0.15) is 0 Å². The van der Waals surface area contributed by atoms with Crippen LogP contribution in [-0.4, -0.2) is 11.9 Å². The zero-order chi connectivity index (χ0) is 7.40. The van der Waals surface area contributed by atoms with Crippen molar-refractivity contribution in [3.8, 4) is 0 Å². The molecule has 0 radical (unpaired) electrons. The van der Waals surface area contributed by atoms with Gasteiger partial charge in [0.15, 0.2) is 0 Å². The van der Waals surface area contributed by atoms with Gasteiger partial charge in [0, 0.05) is 0 Å². The molecule has 0 bridgehead atoms.